The predicted molar refractivity (Wildman–Crippen MR) is 50.1 cm³/mol. The van der Waals surface area contributed by atoms with Gasteiger partial charge in [0.05, 0.1) is 12.6 Å². The molecule has 0 bridgehead atoms. The van der Waals surface area contributed by atoms with Gasteiger partial charge in [0.25, 0.3) is 0 Å². The maximum Gasteiger partial charge on any atom is 0.343 e. The summed E-state index contributed by atoms with van der Waals surface area (Å²) >= 11 is 0. The topological polar surface area (TPSA) is 71.9 Å². The van der Waals surface area contributed by atoms with Gasteiger partial charge in [0.2, 0.25) is 0 Å². The maximum atomic E-state index is 11.1. The van der Waals surface area contributed by atoms with Crippen molar-refractivity contribution < 1.29 is 4.74 Å². The van der Waals surface area contributed by atoms with Crippen molar-refractivity contribution in [2.24, 2.45) is 0 Å². The first-order valence-electron chi connectivity index (χ1n) is 4.78. The molecule has 1 atom stereocenters. The van der Waals surface area contributed by atoms with Crippen molar-refractivity contribution in [1.82, 2.24) is 20.1 Å². The molecule has 1 aliphatic rings. The standard InChI is InChI=1S/C8H14N4O2/c13-8-11-10-6-12(8)5-7-4-9-2-1-3-14-7/h6-7,9H,1-5H2,(H,11,13). The Labute approximate surface area is 81.3 Å². The van der Waals surface area contributed by atoms with Crippen LogP contribution in [0.25, 0.3) is 0 Å². The Hall–Kier alpha value is -1.14. The molecule has 1 aromatic rings. The molecule has 0 spiro atoms. The summed E-state index contributed by atoms with van der Waals surface area (Å²) in [6.07, 6.45) is 2.58. The molecule has 0 radical (unpaired) electrons. The average molecular weight is 198 g/mol. The third-order valence-electron chi connectivity index (χ3n) is 2.24. The Balaban J connectivity index is 1.96. The fourth-order valence-corrected chi connectivity index (χ4v) is 1.51. The summed E-state index contributed by atoms with van der Waals surface area (Å²) in [5.41, 5.74) is -0.183. The molecule has 0 saturated carbocycles. The van der Waals surface area contributed by atoms with Crippen LogP contribution in [0.15, 0.2) is 11.1 Å². The highest BCUT2D eigenvalue weighted by Gasteiger charge is 2.13. The summed E-state index contributed by atoms with van der Waals surface area (Å²) in [5.74, 6) is 0. The molecule has 1 aliphatic heterocycles. The largest absolute Gasteiger partial charge is 0.375 e. The molecule has 2 N–H and O–H groups in total. The number of hydrogen-bond acceptors (Lipinski definition) is 4. The molecule has 14 heavy (non-hydrogen) atoms. The van der Waals surface area contributed by atoms with Crippen LogP contribution in [-0.2, 0) is 11.3 Å². The van der Waals surface area contributed by atoms with Crippen LogP contribution in [0.5, 0.6) is 0 Å². The van der Waals surface area contributed by atoms with Crippen LogP contribution in [0.3, 0.4) is 0 Å². The number of nitrogens with zero attached hydrogens (tertiary/aromatic N) is 2. The van der Waals surface area contributed by atoms with Crippen LogP contribution >= 0.6 is 0 Å². The summed E-state index contributed by atoms with van der Waals surface area (Å²) < 4.78 is 7.09. The van der Waals surface area contributed by atoms with E-state index >= 15 is 0 Å². The minimum absolute atomic E-state index is 0.0628. The molecule has 6 nitrogen and oxygen atoms in total. The van der Waals surface area contributed by atoms with E-state index in [1.165, 1.54) is 10.9 Å². The van der Waals surface area contributed by atoms with E-state index in [9.17, 15) is 4.79 Å². The molecule has 2 heterocycles. The van der Waals surface area contributed by atoms with Gasteiger partial charge in [0.15, 0.2) is 0 Å². The van der Waals surface area contributed by atoms with Gasteiger partial charge in [0, 0.05) is 13.2 Å². The predicted octanol–water partition coefficient (Wildman–Crippen LogP) is -1.05. The zero-order valence-electron chi connectivity index (χ0n) is 7.90. The first kappa shape index (κ1) is 9.42. The number of hydrogen-bond donors (Lipinski definition) is 2. The molecule has 0 aromatic carbocycles. The van der Waals surface area contributed by atoms with Crippen molar-refractivity contribution in [1.29, 1.82) is 0 Å². The van der Waals surface area contributed by atoms with Crippen LogP contribution < -0.4 is 11.0 Å². The summed E-state index contributed by atoms with van der Waals surface area (Å²) in [6, 6.07) is 0. The highest BCUT2D eigenvalue weighted by atomic mass is 16.5. The number of H-pyrrole nitrogens is 1. The van der Waals surface area contributed by atoms with Crippen LogP contribution in [0.2, 0.25) is 0 Å². The SMILES string of the molecule is O=c1[nH]ncn1CC1CNCCCO1. The van der Waals surface area contributed by atoms with Gasteiger partial charge in [-0.05, 0) is 13.0 Å². The third-order valence-corrected chi connectivity index (χ3v) is 2.24. The molecule has 1 unspecified atom stereocenters. The summed E-state index contributed by atoms with van der Waals surface area (Å²) in [6.45, 7) is 3.08. The molecular weight excluding hydrogens is 184 g/mol. The number of ether oxygens (including phenoxy) is 1. The van der Waals surface area contributed by atoms with Crippen molar-refractivity contribution in [3.05, 3.63) is 16.8 Å². The lowest BCUT2D eigenvalue weighted by Crippen LogP contribution is -2.32. The molecular formula is C8H14N4O2. The Morgan fingerprint density at radius 1 is 1.71 bits per heavy atom. The minimum Gasteiger partial charge on any atom is -0.375 e. The van der Waals surface area contributed by atoms with Crippen LogP contribution in [0, 0.1) is 0 Å². The molecule has 78 valence electrons. The Morgan fingerprint density at radius 2 is 2.64 bits per heavy atom. The molecule has 6 heteroatoms. The van der Waals surface area contributed by atoms with E-state index in [4.69, 9.17) is 4.74 Å². The number of nitrogens with one attached hydrogen (secondary N) is 2. The van der Waals surface area contributed by atoms with Gasteiger partial charge in [-0.2, -0.15) is 5.10 Å². The van der Waals surface area contributed by atoms with Crippen molar-refractivity contribution in [3.8, 4) is 0 Å². The fourth-order valence-electron chi connectivity index (χ4n) is 1.51. The van der Waals surface area contributed by atoms with Crippen LogP contribution in [0.1, 0.15) is 6.42 Å². The van der Waals surface area contributed by atoms with Crippen molar-refractivity contribution >= 4 is 0 Å². The van der Waals surface area contributed by atoms with Crippen molar-refractivity contribution in [2.75, 3.05) is 19.7 Å². The summed E-state index contributed by atoms with van der Waals surface area (Å²) in [7, 11) is 0. The first-order valence-corrected chi connectivity index (χ1v) is 4.78. The molecule has 1 fully saturated rings. The van der Waals surface area contributed by atoms with Gasteiger partial charge in [-0.3, -0.25) is 4.57 Å². The zero-order valence-corrected chi connectivity index (χ0v) is 7.90. The second kappa shape index (κ2) is 4.39. The Kier molecular flexibility index (Phi) is 2.95. The average Bonchev–Trinajstić information content (AvgIpc) is 2.44. The van der Waals surface area contributed by atoms with Gasteiger partial charge in [-0.1, -0.05) is 0 Å². The van der Waals surface area contributed by atoms with E-state index in [1.807, 2.05) is 0 Å². The van der Waals surface area contributed by atoms with Gasteiger partial charge < -0.3 is 10.1 Å². The van der Waals surface area contributed by atoms with Gasteiger partial charge in [-0.25, -0.2) is 9.89 Å². The van der Waals surface area contributed by atoms with E-state index < -0.39 is 0 Å². The smallest absolute Gasteiger partial charge is 0.343 e. The molecule has 1 aromatic heterocycles. The van der Waals surface area contributed by atoms with E-state index in [0.29, 0.717) is 6.54 Å². The van der Waals surface area contributed by atoms with Crippen molar-refractivity contribution in [2.45, 2.75) is 19.1 Å². The lowest BCUT2D eigenvalue weighted by Gasteiger charge is -2.14. The first-order chi connectivity index (χ1) is 6.86. The van der Waals surface area contributed by atoms with E-state index in [-0.39, 0.29) is 11.8 Å². The molecule has 0 aliphatic carbocycles. The number of aromatic nitrogens is 3. The number of aromatic amines is 1. The monoisotopic (exact) mass is 198 g/mol. The summed E-state index contributed by atoms with van der Waals surface area (Å²) in [5, 5.41) is 9.27. The van der Waals surface area contributed by atoms with E-state index in [0.717, 1.165) is 26.1 Å². The van der Waals surface area contributed by atoms with Crippen LogP contribution in [-0.4, -0.2) is 40.6 Å². The lowest BCUT2D eigenvalue weighted by atomic mass is 10.3. The highest BCUT2D eigenvalue weighted by molar-refractivity contribution is 4.71. The Bertz CT molecular complexity index is 324. The summed E-state index contributed by atoms with van der Waals surface area (Å²) in [4.78, 5) is 11.1. The van der Waals surface area contributed by atoms with Crippen molar-refractivity contribution in [3.63, 3.8) is 0 Å². The lowest BCUT2D eigenvalue weighted by molar-refractivity contribution is 0.0544. The number of rotatable bonds is 2. The molecule has 1 saturated heterocycles. The molecule has 0 amide bonds. The second-order valence-electron chi connectivity index (χ2n) is 3.36. The zero-order chi connectivity index (χ0) is 9.80. The second-order valence-corrected chi connectivity index (χ2v) is 3.36. The van der Waals surface area contributed by atoms with E-state index in [2.05, 4.69) is 15.5 Å². The van der Waals surface area contributed by atoms with Gasteiger partial charge >= 0.3 is 5.69 Å². The van der Waals surface area contributed by atoms with Gasteiger partial charge in [0.1, 0.15) is 6.33 Å². The molecule has 2 rings (SSSR count). The Morgan fingerprint density at radius 3 is 3.43 bits per heavy atom. The highest BCUT2D eigenvalue weighted by Crippen LogP contribution is 1.99. The van der Waals surface area contributed by atoms with Gasteiger partial charge in [-0.15, -0.1) is 0 Å². The quantitative estimate of drug-likeness (QED) is 0.636. The van der Waals surface area contributed by atoms with Crippen LogP contribution in [0.4, 0.5) is 0 Å². The maximum absolute atomic E-state index is 11.1. The fraction of sp³-hybridized carbons (Fsp3) is 0.750. The minimum atomic E-state index is -0.183. The normalized spacial score (nSPS) is 23.3. The van der Waals surface area contributed by atoms with E-state index in [1.54, 1.807) is 0 Å². The third kappa shape index (κ3) is 2.21.